The zero-order valence-corrected chi connectivity index (χ0v) is 18.4. The molecule has 3 aromatic rings. The number of methoxy groups -OCH3 is 1. The van der Waals surface area contributed by atoms with Gasteiger partial charge in [-0.2, -0.15) is 4.98 Å². The summed E-state index contributed by atoms with van der Waals surface area (Å²) >= 11 is 0. The Balaban J connectivity index is 1.33. The third-order valence-corrected chi connectivity index (χ3v) is 6.31. The summed E-state index contributed by atoms with van der Waals surface area (Å²) in [5.74, 6) is 2.37. The predicted molar refractivity (Wildman–Crippen MR) is 119 cm³/mol. The molecule has 1 fully saturated rings. The lowest BCUT2D eigenvalue weighted by Gasteiger charge is -2.25. The molecule has 0 radical (unpaired) electrons. The number of likely N-dealkylation sites (tertiary alicyclic amines) is 1. The molecule has 0 spiro atoms. The smallest absolute Gasteiger partial charge is 0.232 e. The monoisotopic (exact) mass is 433 g/mol. The van der Waals surface area contributed by atoms with Crippen LogP contribution in [0.3, 0.4) is 0 Å². The van der Waals surface area contributed by atoms with Gasteiger partial charge in [0.15, 0.2) is 11.5 Å². The van der Waals surface area contributed by atoms with Crippen LogP contribution < -0.4 is 9.47 Å². The molecule has 0 bridgehead atoms. The van der Waals surface area contributed by atoms with E-state index in [1.807, 2.05) is 29.2 Å². The second-order valence-corrected chi connectivity index (χ2v) is 8.37. The Bertz CT molecular complexity index is 1130. The summed E-state index contributed by atoms with van der Waals surface area (Å²) in [6.07, 6.45) is 3.30. The zero-order valence-electron chi connectivity index (χ0n) is 18.4. The summed E-state index contributed by atoms with van der Waals surface area (Å²) in [5.41, 5.74) is 3.39. The molecule has 7 nitrogen and oxygen atoms in total. The minimum Gasteiger partial charge on any atom is -0.493 e. The topological polar surface area (TPSA) is 77.7 Å². The second kappa shape index (κ2) is 8.65. The molecule has 2 aromatic carbocycles. The van der Waals surface area contributed by atoms with Gasteiger partial charge in [0.2, 0.25) is 17.6 Å². The van der Waals surface area contributed by atoms with Gasteiger partial charge in [0, 0.05) is 18.5 Å². The highest BCUT2D eigenvalue weighted by Gasteiger charge is 2.40. The van der Waals surface area contributed by atoms with Gasteiger partial charge >= 0.3 is 0 Å². The van der Waals surface area contributed by atoms with Crippen molar-refractivity contribution in [2.24, 2.45) is 0 Å². The van der Waals surface area contributed by atoms with Crippen LogP contribution in [0.5, 0.6) is 11.5 Å². The maximum atomic E-state index is 12.8. The van der Waals surface area contributed by atoms with Crippen molar-refractivity contribution in [3.05, 3.63) is 59.5 Å². The van der Waals surface area contributed by atoms with E-state index in [0.717, 1.165) is 24.8 Å². The molecule has 32 heavy (non-hydrogen) atoms. The summed E-state index contributed by atoms with van der Waals surface area (Å²) in [6, 6.07) is 14.2. The van der Waals surface area contributed by atoms with Crippen molar-refractivity contribution in [1.29, 1.82) is 0 Å². The number of fused-ring (bicyclic) bond motifs is 1. The molecule has 1 aliphatic heterocycles. The van der Waals surface area contributed by atoms with E-state index < -0.39 is 0 Å². The van der Waals surface area contributed by atoms with E-state index in [1.165, 1.54) is 11.1 Å². The van der Waals surface area contributed by atoms with E-state index in [-0.39, 0.29) is 17.9 Å². The number of nitrogens with zero attached hydrogens (tertiary/aromatic N) is 3. The summed E-state index contributed by atoms with van der Waals surface area (Å²) < 4.78 is 16.8. The van der Waals surface area contributed by atoms with Crippen molar-refractivity contribution in [1.82, 2.24) is 15.0 Å². The van der Waals surface area contributed by atoms with Crippen LogP contribution in [0.1, 0.15) is 55.2 Å². The van der Waals surface area contributed by atoms with E-state index >= 15 is 0 Å². The fourth-order valence-corrected chi connectivity index (χ4v) is 4.71. The minimum absolute atomic E-state index is 0.0921. The maximum Gasteiger partial charge on any atom is 0.232 e. The lowest BCUT2D eigenvalue weighted by molar-refractivity contribution is -0.129. The van der Waals surface area contributed by atoms with E-state index in [2.05, 4.69) is 35.3 Å². The summed E-state index contributed by atoms with van der Waals surface area (Å²) in [4.78, 5) is 19.5. The molecule has 1 aliphatic carbocycles. The third-order valence-electron chi connectivity index (χ3n) is 6.31. The molecule has 166 valence electrons. The molecule has 0 N–H and O–H groups in total. The zero-order chi connectivity index (χ0) is 22.1. The molecular weight excluding hydrogens is 406 g/mol. The van der Waals surface area contributed by atoms with Crippen LogP contribution in [-0.4, -0.2) is 41.2 Å². The van der Waals surface area contributed by atoms with E-state index in [4.69, 9.17) is 14.0 Å². The van der Waals surface area contributed by atoms with Crippen molar-refractivity contribution in [2.75, 3.05) is 20.3 Å². The Morgan fingerprint density at radius 2 is 2.06 bits per heavy atom. The Morgan fingerprint density at radius 1 is 1.19 bits per heavy atom. The van der Waals surface area contributed by atoms with Gasteiger partial charge in [-0.15, -0.1) is 0 Å². The van der Waals surface area contributed by atoms with Crippen LogP contribution in [0.15, 0.2) is 47.0 Å². The Morgan fingerprint density at radius 3 is 2.91 bits per heavy atom. The van der Waals surface area contributed by atoms with Crippen LogP contribution >= 0.6 is 0 Å². The maximum absolute atomic E-state index is 12.8. The Kier molecular flexibility index (Phi) is 5.55. The molecule has 1 amide bonds. The van der Waals surface area contributed by atoms with Crippen molar-refractivity contribution in [2.45, 2.75) is 44.6 Å². The predicted octanol–water partition coefficient (Wildman–Crippen LogP) is 4.54. The normalized spacial score (nSPS) is 19.9. The molecular formula is C25H27N3O4. The highest BCUT2D eigenvalue weighted by atomic mass is 16.5. The molecule has 2 atom stereocenters. The highest BCUT2D eigenvalue weighted by Crippen LogP contribution is 2.41. The summed E-state index contributed by atoms with van der Waals surface area (Å²) in [6.45, 7) is 3.29. The first-order chi connectivity index (χ1) is 15.7. The largest absolute Gasteiger partial charge is 0.493 e. The first-order valence-corrected chi connectivity index (χ1v) is 11.2. The first kappa shape index (κ1) is 20.5. The van der Waals surface area contributed by atoms with Gasteiger partial charge in [-0.25, -0.2) is 0 Å². The fourth-order valence-electron chi connectivity index (χ4n) is 4.71. The second-order valence-electron chi connectivity index (χ2n) is 8.37. The van der Waals surface area contributed by atoms with Gasteiger partial charge in [-0.3, -0.25) is 4.79 Å². The van der Waals surface area contributed by atoms with Crippen LogP contribution in [0.4, 0.5) is 0 Å². The number of hydrogen-bond donors (Lipinski definition) is 0. The average molecular weight is 434 g/mol. The van der Waals surface area contributed by atoms with Crippen molar-refractivity contribution >= 4 is 5.91 Å². The highest BCUT2D eigenvalue weighted by molar-refractivity contribution is 5.80. The molecule has 1 aromatic heterocycles. The fraction of sp³-hybridized carbons (Fsp3) is 0.400. The number of carbonyl (C=O) groups is 1. The lowest BCUT2D eigenvalue weighted by Crippen LogP contribution is -2.28. The molecule has 1 saturated heterocycles. The van der Waals surface area contributed by atoms with E-state index in [9.17, 15) is 4.79 Å². The Labute approximate surface area is 187 Å². The van der Waals surface area contributed by atoms with Gasteiger partial charge < -0.3 is 18.9 Å². The van der Waals surface area contributed by atoms with Gasteiger partial charge in [0.1, 0.15) is 0 Å². The third kappa shape index (κ3) is 3.72. The number of benzene rings is 2. The van der Waals surface area contributed by atoms with Crippen molar-refractivity contribution in [3.8, 4) is 22.9 Å². The Hall–Kier alpha value is -3.35. The standard InChI is InChI=1S/C25H27N3O4/c1-3-12-31-21-11-9-17(13-22(21)30-2)24-26-25(32-27-24)18-14-23(29)28(15-18)20-10-8-16-6-4-5-7-19(16)20/h4-7,9,11,13,18,20H,3,8,10,12,14-15H2,1-2H3. The van der Waals surface area contributed by atoms with Crippen LogP contribution in [-0.2, 0) is 11.2 Å². The number of ether oxygens (including phenoxy) is 2. The van der Waals surface area contributed by atoms with Gasteiger partial charge in [-0.1, -0.05) is 36.3 Å². The number of aryl methyl sites for hydroxylation is 1. The summed E-state index contributed by atoms with van der Waals surface area (Å²) in [5, 5.41) is 4.17. The SMILES string of the molecule is CCCOc1ccc(-c2noc(C3CC(=O)N(C4CCc5ccccc54)C3)n2)cc1OC. The summed E-state index contributed by atoms with van der Waals surface area (Å²) in [7, 11) is 1.61. The van der Waals surface area contributed by atoms with Crippen molar-refractivity contribution < 1.29 is 18.8 Å². The molecule has 5 rings (SSSR count). The van der Waals surface area contributed by atoms with Crippen LogP contribution in [0.2, 0.25) is 0 Å². The van der Waals surface area contributed by atoms with Gasteiger partial charge in [-0.05, 0) is 48.6 Å². The van der Waals surface area contributed by atoms with Crippen LogP contribution in [0.25, 0.3) is 11.4 Å². The van der Waals surface area contributed by atoms with Crippen molar-refractivity contribution in [3.63, 3.8) is 0 Å². The lowest BCUT2D eigenvalue weighted by atomic mass is 10.1. The molecule has 2 heterocycles. The molecule has 7 heteroatoms. The number of carbonyl (C=O) groups excluding carboxylic acids is 1. The van der Waals surface area contributed by atoms with E-state index in [0.29, 0.717) is 42.8 Å². The molecule has 2 aliphatic rings. The minimum atomic E-state index is -0.0921. The number of hydrogen-bond acceptors (Lipinski definition) is 6. The van der Waals surface area contributed by atoms with Gasteiger partial charge in [0.25, 0.3) is 0 Å². The number of aromatic nitrogens is 2. The number of amides is 1. The first-order valence-electron chi connectivity index (χ1n) is 11.2. The number of rotatable bonds is 7. The van der Waals surface area contributed by atoms with Gasteiger partial charge in [0.05, 0.1) is 25.7 Å². The quantitative estimate of drug-likeness (QED) is 0.545. The van der Waals surface area contributed by atoms with E-state index in [1.54, 1.807) is 7.11 Å². The molecule has 0 saturated carbocycles. The average Bonchev–Trinajstić information content (AvgIpc) is 3.55. The van der Waals surface area contributed by atoms with Crippen LogP contribution in [0, 0.1) is 0 Å². The molecule has 2 unspecified atom stereocenters.